The van der Waals surface area contributed by atoms with Crippen LogP contribution in [0.4, 0.5) is 0 Å². The van der Waals surface area contributed by atoms with Gasteiger partial charge in [0.15, 0.2) is 0 Å². The van der Waals surface area contributed by atoms with Gasteiger partial charge in [-0.3, -0.25) is 4.79 Å². The van der Waals surface area contributed by atoms with E-state index >= 15 is 0 Å². The molecule has 0 spiro atoms. The molecule has 0 atom stereocenters. The zero-order valence-electron chi connectivity index (χ0n) is 12.8. The van der Waals surface area contributed by atoms with E-state index in [0.29, 0.717) is 6.54 Å². The quantitative estimate of drug-likeness (QED) is 0.750. The molecular formula is C17H26N2O2. The Bertz CT molecular complexity index is 445. The van der Waals surface area contributed by atoms with Gasteiger partial charge in [-0.25, -0.2) is 0 Å². The zero-order valence-corrected chi connectivity index (χ0v) is 12.8. The lowest BCUT2D eigenvalue weighted by atomic mass is 9.74. The highest BCUT2D eigenvalue weighted by atomic mass is 16.3. The van der Waals surface area contributed by atoms with E-state index in [4.69, 9.17) is 5.11 Å². The van der Waals surface area contributed by atoms with Crippen molar-refractivity contribution in [1.29, 1.82) is 0 Å². The fraction of sp³-hybridized carbons (Fsp3) is 0.588. The van der Waals surface area contributed by atoms with E-state index < -0.39 is 0 Å². The first kappa shape index (κ1) is 16.0. The van der Waals surface area contributed by atoms with Crippen LogP contribution in [0.15, 0.2) is 24.3 Å². The SMILES string of the molecule is CCCC1(C(=O)NCc2ccc(CO)cc2)CCNCC1. The van der Waals surface area contributed by atoms with Crippen LogP contribution in [0.25, 0.3) is 0 Å². The fourth-order valence-corrected chi connectivity index (χ4v) is 3.11. The number of nitrogens with one attached hydrogen (secondary N) is 2. The number of rotatable bonds is 6. The lowest BCUT2D eigenvalue weighted by Gasteiger charge is -2.36. The highest BCUT2D eigenvalue weighted by Gasteiger charge is 2.38. The van der Waals surface area contributed by atoms with Gasteiger partial charge in [0.2, 0.25) is 5.91 Å². The molecule has 1 aliphatic heterocycles. The lowest BCUT2D eigenvalue weighted by Crippen LogP contribution is -2.47. The molecule has 1 aromatic carbocycles. The number of aliphatic hydroxyl groups is 1. The van der Waals surface area contributed by atoms with Crippen molar-refractivity contribution in [3.8, 4) is 0 Å². The predicted molar refractivity (Wildman–Crippen MR) is 83.7 cm³/mol. The van der Waals surface area contributed by atoms with E-state index in [9.17, 15) is 4.79 Å². The summed E-state index contributed by atoms with van der Waals surface area (Å²) < 4.78 is 0. The number of aliphatic hydroxyl groups excluding tert-OH is 1. The Labute approximate surface area is 126 Å². The second-order valence-electron chi connectivity index (χ2n) is 5.94. The van der Waals surface area contributed by atoms with Crippen molar-refractivity contribution in [2.24, 2.45) is 5.41 Å². The minimum atomic E-state index is -0.189. The van der Waals surface area contributed by atoms with E-state index in [2.05, 4.69) is 17.6 Å². The van der Waals surface area contributed by atoms with E-state index in [1.807, 2.05) is 24.3 Å². The van der Waals surface area contributed by atoms with E-state index in [1.54, 1.807) is 0 Å². The van der Waals surface area contributed by atoms with Crippen LogP contribution < -0.4 is 10.6 Å². The van der Waals surface area contributed by atoms with Crippen LogP contribution in [0.5, 0.6) is 0 Å². The van der Waals surface area contributed by atoms with Crippen LogP contribution in [-0.4, -0.2) is 24.1 Å². The summed E-state index contributed by atoms with van der Waals surface area (Å²) in [5.74, 6) is 0.192. The number of piperidine rings is 1. The number of hydrogen-bond acceptors (Lipinski definition) is 3. The maximum atomic E-state index is 12.6. The summed E-state index contributed by atoms with van der Waals surface area (Å²) in [5.41, 5.74) is 1.78. The standard InChI is InChI=1S/C17H26N2O2/c1-2-7-17(8-10-18-11-9-17)16(21)19-12-14-3-5-15(13-20)6-4-14/h3-6,18,20H,2,7-13H2,1H3,(H,19,21). The van der Waals surface area contributed by atoms with Gasteiger partial charge in [0, 0.05) is 6.54 Å². The Hall–Kier alpha value is -1.39. The largest absolute Gasteiger partial charge is 0.392 e. The van der Waals surface area contributed by atoms with Crippen molar-refractivity contribution in [3.63, 3.8) is 0 Å². The summed E-state index contributed by atoms with van der Waals surface area (Å²) in [6.45, 7) is 4.62. The molecule has 0 bridgehead atoms. The van der Waals surface area contributed by atoms with Gasteiger partial charge in [-0.2, -0.15) is 0 Å². The predicted octanol–water partition coefficient (Wildman–Crippen LogP) is 1.97. The normalized spacial score (nSPS) is 17.4. The summed E-state index contributed by atoms with van der Waals surface area (Å²) >= 11 is 0. The molecular weight excluding hydrogens is 264 g/mol. The first-order chi connectivity index (χ1) is 10.2. The third-order valence-electron chi connectivity index (χ3n) is 4.43. The molecule has 0 unspecified atom stereocenters. The van der Waals surface area contributed by atoms with Crippen LogP contribution in [0.3, 0.4) is 0 Å². The van der Waals surface area contributed by atoms with Crippen molar-refractivity contribution in [1.82, 2.24) is 10.6 Å². The maximum Gasteiger partial charge on any atom is 0.226 e. The summed E-state index contributed by atoms with van der Waals surface area (Å²) in [4.78, 5) is 12.6. The van der Waals surface area contributed by atoms with Crippen molar-refractivity contribution in [2.45, 2.75) is 45.8 Å². The number of carbonyl (C=O) groups excluding carboxylic acids is 1. The molecule has 0 saturated carbocycles. The molecule has 2 rings (SSSR count). The number of benzene rings is 1. The van der Waals surface area contributed by atoms with Crippen molar-refractivity contribution >= 4 is 5.91 Å². The van der Waals surface area contributed by atoms with Crippen LogP contribution in [0.2, 0.25) is 0 Å². The van der Waals surface area contributed by atoms with Gasteiger partial charge in [-0.15, -0.1) is 0 Å². The van der Waals surface area contributed by atoms with Gasteiger partial charge in [-0.1, -0.05) is 37.6 Å². The van der Waals surface area contributed by atoms with Crippen LogP contribution in [0, 0.1) is 5.41 Å². The summed E-state index contributed by atoms with van der Waals surface area (Å²) in [6.07, 6.45) is 3.86. The highest BCUT2D eigenvalue weighted by Crippen LogP contribution is 2.34. The molecule has 0 radical (unpaired) electrons. The molecule has 1 aliphatic rings. The van der Waals surface area contributed by atoms with E-state index in [1.165, 1.54) is 0 Å². The van der Waals surface area contributed by atoms with Crippen molar-refractivity contribution < 1.29 is 9.90 Å². The Balaban J connectivity index is 1.94. The Kier molecular flexibility index (Phi) is 5.76. The molecule has 21 heavy (non-hydrogen) atoms. The Morgan fingerprint density at radius 2 is 1.86 bits per heavy atom. The number of hydrogen-bond donors (Lipinski definition) is 3. The van der Waals surface area contributed by atoms with Gasteiger partial charge < -0.3 is 15.7 Å². The molecule has 116 valence electrons. The van der Waals surface area contributed by atoms with E-state index in [0.717, 1.165) is 49.9 Å². The minimum absolute atomic E-state index is 0.0548. The summed E-state index contributed by atoms with van der Waals surface area (Å²) in [6, 6.07) is 7.71. The fourth-order valence-electron chi connectivity index (χ4n) is 3.11. The first-order valence-corrected chi connectivity index (χ1v) is 7.88. The minimum Gasteiger partial charge on any atom is -0.392 e. The van der Waals surface area contributed by atoms with Crippen molar-refractivity contribution in [2.75, 3.05) is 13.1 Å². The number of amides is 1. The molecule has 4 nitrogen and oxygen atoms in total. The monoisotopic (exact) mass is 290 g/mol. The van der Waals surface area contributed by atoms with Crippen LogP contribution in [0.1, 0.15) is 43.7 Å². The summed E-state index contributed by atoms with van der Waals surface area (Å²) in [5, 5.41) is 15.5. The van der Waals surface area contributed by atoms with Gasteiger partial charge in [0.05, 0.1) is 12.0 Å². The summed E-state index contributed by atoms with van der Waals surface area (Å²) in [7, 11) is 0. The highest BCUT2D eigenvalue weighted by molar-refractivity contribution is 5.82. The third-order valence-corrected chi connectivity index (χ3v) is 4.43. The molecule has 3 N–H and O–H groups in total. The van der Waals surface area contributed by atoms with Crippen LogP contribution >= 0.6 is 0 Å². The molecule has 0 aliphatic carbocycles. The molecule has 0 aromatic heterocycles. The molecule has 1 saturated heterocycles. The van der Waals surface area contributed by atoms with Gasteiger partial charge in [0.25, 0.3) is 0 Å². The smallest absolute Gasteiger partial charge is 0.226 e. The lowest BCUT2D eigenvalue weighted by molar-refractivity contribution is -0.133. The van der Waals surface area contributed by atoms with Gasteiger partial charge in [-0.05, 0) is 43.5 Å². The molecule has 1 heterocycles. The molecule has 1 aromatic rings. The average Bonchev–Trinajstić information content (AvgIpc) is 2.54. The Morgan fingerprint density at radius 3 is 2.43 bits per heavy atom. The molecule has 4 heteroatoms. The van der Waals surface area contributed by atoms with Gasteiger partial charge >= 0.3 is 0 Å². The second-order valence-corrected chi connectivity index (χ2v) is 5.94. The van der Waals surface area contributed by atoms with Crippen LogP contribution in [-0.2, 0) is 17.9 Å². The van der Waals surface area contributed by atoms with Crippen molar-refractivity contribution in [3.05, 3.63) is 35.4 Å². The molecule has 1 fully saturated rings. The molecule has 1 amide bonds. The average molecular weight is 290 g/mol. The first-order valence-electron chi connectivity index (χ1n) is 7.88. The maximum absolute atomic E-state index is 12.6. The topological polar surface area (TPSA) is 61.4 Å². The zero-order chi connectivity index (χ0) is 15.1. The third kappa shape index (κ3) is 4.05. The second kappa shape index (κ2) is 7.57. The number of carbonyl (C=O) groups is 1. The Morgan fingerprint density at radius 1 is 1.24 bits per heavy atom. The van der Waals surface area contributed by atoms with Gasteiger partial charge in [0.1, 0.15) is 0 Å². The van der Waals surface area contributed by atoms with E-state index in [-0.39, 0.29) is 17.9 Å².